The van der Waals surface area contributed by atoms with Crippen molar-refractivity contribution in [1.29, 1.82) is 0 Å². The van der Waals surface area contributed by atoms with Gasteiger partial charge in [-0.15, -0.1) is 0 Å². The molecular formula is C13H14O3. The lowest BCUT2D eigenvalue weighted by atomic mass is 10.0. The van der Waals surface area contributed by atoms with Crippen molar-refractivity contribution in [3.05, 3.63) is 60.1 Å². The van der Waals surface area contributed by atoms with E-state index in [1.807, 2.05) is 30.3 Å². The van der Waals surface area contributed by atoms with Gasteiger partial charge in [-0.1, -0.05) is 30.3 Å². The zero-order chi connectivity index (χ0) is 11.4. The van der Waals surface area contributed by atoms with E-state index >= 15 is 0 Å². The van der Waals surface area contributed by atoms with E-state index in [1.54, 1.807) is 13.2 Å². The predicted octanol–water partition coefficient (Wildman–Crippen LogP) is 2.70. The van der Waals surface area contributed by atoms with Gasteiger partial charge in [0.2, 0.25) is 0 Å². The highest BCUT2D eigenvalue weighted by atomic mass is 16.5. The van der Waals surface area contributed by atoms with Crippen LogP contribution in [0.15, 0.2) is 53.3 Å². The Morgan fingerprint density at radius 1 is 1.12 bits per heavy atom. The van der Waals surface area contributed by atoms with E-state index in [0.29, 0.717) is 0 Å². The molecule has 2 atom stereocenters. The zero-order valence-electron chi connectivity index (χ0n) is 9.04. The lowest BCUT2D eigenvalue weighted by Crippen LogP contribution is -2.12. The van der Waals surface area contributed by atoms with E-state index in [-0.39, 0.29) is 6.10 Å². The number of aliphatic hydroxyl groups is 1. The maximum absolute atomic E-state index is 10.1. The Morgan fingerprint density at radius 3 is 2.44 bits per heavy atom. The highest BCUT2D eigenvalue weighted by Gasteiger charge is 2.22. The number of hydrogen-bond acceptors (Lipinski definition) is 3. The summed E-state index contributed by atoms with van der Waals surface area (Å²) in [7, 11) is 1.58. The van der Waals surface area contributed by atoms with Crippen LogP contribution in [0, 0.1) is 0 Å². The third kappa shape index (κ3) is 2.15. The van der Waals surface area contributed by atoms with Crippen LogP contribution >= 0.6 is 0 Å². The van der Waals surface area contributed by atoms with Gasteiger partial charge < -0.3 is 14.3 Å². The molecule has 1 aromatic heterocycles. The van der Waals surface area contributed by atoms with E-state index in [9.17, 15) is 5.11 Å². The number of benzene rings is 1. The van der Waals surface area contributed by atoms with Crippen LogP contribution in [-0.4, -0.2) is 12.2 Å². The Morgan fingerprint density at radius 2 is 1.88 bits per heavy atom. The number of rotatable bonds is 4. The fourth-order valence-corrected chi connectivity index (χ4v) is 1.71. The molecule has 0 amide bonds. The first-order chi connectivity index (χ1) is 7.83. The first kappa shape index (κ1) is 10.9. The average molecular weight is 218 g/mol. The van der Waals surface area contributed by atoms with Gasteiger partial charge in [-0.2, -0.15) is 0 Å². The van der Waals surface area contributed by atoms with Crippen molar-refractivity contribution in [3.63, 3.8) is 0 Å². The molecule has 1 N–H and O–H groups in total. The van der Waals surface area contributed by atoms with Crippen molar-refractivity contribution < 1.29 is 14.3 Å². The van der Waals surface area contributed by atoms with Gasteiger partial charge in [0.1, 0.15) is 12.2 Å². The third-order valence-electron chi connectivity index (χ3n) is 2.55. The van der Waals surface area contributed by atoms with Crippen LogP contribution in [0.25, 0.3) is 0 Å². The summed E-state index contributed by atoms with van der Waals surface area (Å²) in [4.78, 5) is 0. The second-order valence-electron chi connectivity index (χ2n) is 3.57. The number of hydrogen-bond donors (Lipinski definition) is 1. The van der Waals surface area contributed by atoms with Crippen molar-refractivity contribution in [2.45, 2.75) is 12.2 Å². The molecule has 84 valence electrons. The molecule has 1 heterocycles. The molecule has 2 rings (SSSR count). The molecule has 0 saturated carbocycles. The van der Waals surface area contributed by atoms with E-state index in [2.05, 4.69) is 0 Å². The van der Waals surface area contributed by atoms with Gasteiger partial charge in [0.25, 0.3) is 0 Å². The zero-order valence-corrected chi connectivity index (χ0v) is 9.04. The van der Waals surface area contributed by atoms with Crippen molar-refractivity contribution in [2.24, 2.45) is 0 Å². The SMILES string of the molecule is COC(c1ccccc1)C(O)c1ccoc1. The Balaban J connectivity index is 2.23. The summed E-state index contributed by atoms with van der Waals surface area (Å²) in [5.74, 6) is 0. The molecule has 3 heteroatoms. The highest BCUT2D eigenvalue weighted by molar-refractivity contribution is 5.22. The maximum Gasteiger partial charge on any atom is 0.112 e. The first-order valence-corrected chi connectivity index (χ1v) is 5.11. The van der Waals surface area contributed by atoms with Crippen molar-refractivity contribution in [3.8, 4) is 0 Å². The summed E-state index contributed by atoms with van der Waals surface area (Å²) in [6.45, 7) is 0. The maximum atomic E-state index is 10.1. The Kier molecular flexibility index (Phi) is 3.39. The van der Waals surface area contributed by atoms with Gasteiger partial charge in [-0.05, 0) is 11.6 Å². The third-order valence-corrected chi connectivity index (χ3v) is 2.55. The molecule has 0 saturated heterocycles. The van der Waals surface area contributed by atoms with E-state index in [4.69, 9.17) is 9.15 Å². The number of furan rings is 1. The summed E-state index contributed by atoms with van der Waals surface area (Å²) in [6.07, 6.45) is 1.97. The normalized spacial score (nSPS) is 14.6. The van der Waals surface area contributed by atoms with E-state index in [0.717, 1.165) is 11.1 Å². The van der Waals surface area contributed by atoms with Crippen LogP contribution < -0.4 is 0 Å². The van der Waals surface area contributed by atoms with E-state index in [1.165, 1.54) is 12.5 Å². The molecular weight excluding hydrogens is 204 g/mol. The second-order valence-corrected chi connectivity index (χ2v) is 3.57. The summed E-state index contributed by atoms with van der Waals surface area (Å²) in [5, 5.41) is 10.1. The molecule has 0 aliphatic heterocycles. The van der Waals surface area contributed by atoms with Crippen LogP contribution in [0.5, 0.6) is 0 Å². The van der Waals surface area contributed by atoms with Crippen molar-refractivity contribution in [2.75, 3.05) is 7.11 Å². The molecule has 0 spiro atoms. The fourth-order valence-electron chi connectivity index (χ4n) is 1.71. The Hall–Kier alpha value is -1.58. The number of ether oxygens (including phenoxy) is 1. The van der Waals surface area contributed by atoms with Gasteiger partial charge in [0.05, 0.1) is 12.5 Å². The summed E-state index contributed by atoms with van der Waals surface area (Å²) in [6, 6.07) is 11.4. The van der Waals surface area contributed by atoms with Crippen LogP contribution in [0.1, 0.15) is 23.3 Å². The Labute approximate surface area is 94.3 Å². The molecule has 16 heavy (non-hydrogen) atoms. The van der Waals surface area contributed by atoms with Gasteiger partial charge in [0, 0.05) is 12.7 Å². The number of methoxy groups -OCH3 is 1. The van der Waals surface area contributed by atoms with Crippen LogP contribution in [0.2, 0.25) is 0 Å². The Bertz CT molecular complexity index is 408. The molecule has 3 nitrogen and oxygen atoms in total. The molecule has 1 aromatic carbocycles. The predicted molar refractivity (Wildman–Crippen MR) is 59.9 cm³/mol. The minimum atomic E-state index is -0.717. The van der Waals surface area contributed by atoms with E-state index < -0.39 is 6.10 Å². The topological polar surface area (TPSA) is 42.6 Å². The minimum absolute atomic E-state index is 0.376. The second kappa shape index (κ2) is 4.96. The van der Waals surface area contributed by atoms with Gasteiger partial charge in [0.15, 0.2) is 0 Å². The first-order valence-electron chi connectivity index (χ1n) is 5.11. The molecule has 0 aliphatic carbocycles. The molecule has 0 radical (unpaired) electrons. The van der Waals surface area contributed by atoms with Crippen LogP contribution in [0.4, 0.5) is 0 Å². The average Bonchev–Trinajstić information content (AvgIpc) is 2.85. The molecule has 0 bridgehead atoms. The van der Waals surface area contributed by atoms with Crippen LogP contribution in [0.3, 0.4) is 0 Å². The van der Waals surface area contributed by atoms with Gasteiger partial charge in [-0.25, -0.2) is 0 Å². The monoisotopic (exact) mass is 218 g/mol. The lowest BCUT2D eigenvalue weighted by Gasteiger charge is -2.20. The molecule has 0 fully saturated rings. The molecule has 2 aromatic rings. The standard InChI is InChI=1S/C13H14O3/c1-15-13(10-5-3-2-4-6-10)12(14)11-7-8-16-9-11/h2-9,12-14H,1H3. The van der Waals surface area contributed by atoms with Crippen molar-refractivity contribution >= 4 is 0 Å². The molecule has 0 aliphatic rings. The van der Waals surface area contributed by atoms with Gasteiger partial charge in [-0.3, -0.25) is 0 Å². The summed E-state index contributed by atoms with van der Waals surface area (Å²) in [5.41, 5.74) is 1.66. The minimum Gasteiger partial charge on any atom is -0.472 e. The summed E-state index contributed by atoms with van der Waals surface area (Å²) < 4.78 is 10.3. The molecule has 2 unspecified atom stereocenters. The smallest absolute Gasteiger partial charge is 0.112 e. The summed E-state index contributed by atoms with van der Waals surface area (Å²) >= 11 is 0. The lowest BCUT2D eigenvalue weighted by molar-refractivity contribution is -0.0151. The largest absolute Gasteiger partial charge is 0.472 e. The number of aliphatic hydroxyl groups excluding tert-OH is 1. The fraction of sp³-hybridized carbons (Fsp3) is 0.231. The quantitative estimate of drug-likeness (QED) is 0.857. The van der Waals surface area contributed by atoms with Gasteiger partial charge >= 0.3 is 0 Å². The highest BCUT2D eigenvalue weighted by Crippen LogP contribution is 2.31. The van der Waals surface area contributed by atoms with Crippen LogP contribution in [-0.2, 0) is 4.74 Å². The van der Waals surface area contributed by atoms with Crippen molar-refractivity contribution in [1.82, 2.24) is 0 Å².